The van der Waals surface area contributed by atoms with Gasteiger partial charge in [-0.1, -0.05) is 12.8 Å². The summed E-state index contributed by atoms with van der Waals surface area (Å²) >= 11 is 0. The van der Waals surface area contributed by atoms with Gasteiger partial charge in [0.1, 0.15) is 5.82 Å². The Kier molecular flexibility index (Phi) is 4.81. The number of nitrogens with zero attached hydrogens (tertiary/aromatic N) is 1. The zero-order chi connectivity index (χ0) is 16.3. The van der Waals surface area contributed by atoms with Crippen molar-refractivity contribution in [3.8, 4) is 0 Å². The van der Waals surface area contributed by atoms with Crippen molar-refractivity contribution in [2.45, 2.75) is 37.7 Å². The first-order valence-electron chi connectivity index (χ1n) is 7.34. The average molecular weight is 308 g/mol. The van der Waals surface area contributed by atoms with E-state index in [2.05, 4.69) is 5.32 Å². The fourth-order valence-corrected chi connectivity index (χ4v) is 2.72. The van der Waals surface area contributed by atoms with Crippen molar-refractivity contribution in [3.63, 3.8) is 0 Å². The second-order valence-electron chi connectivity index (χ2n) is 6.05. The van der Waals surface area contributed by atoms with Gasteiger partial charge >= 0.3 is 0 Å². The van der Waals surface area contributed by atoms with Crippen molar-refractivity contribution in [2.75, 3.05) is 19.4 Å². The van der Waals surface area contributed by atoms with Gasteiger partial charge in [-0.15, -0.1) is 0 Å². The van der Waals surface area contributed by atoms with E-state index in [1.165, 1.54) is 31.1 Å². The maximum absolute atomic E-state index is 13.7. The van der Waals surface area contributed by atoms with Crippen LogP contribution in [-0.2, 0) is 4.79 Å². The molecule has 1 aromatic carbocycles. The molecule has 1 aliphatic carbocycles. The standard InChI is InChI=1S/C16H21FN2O3/c1-19(2)15(21)12-9-11(5-6-13(12)17)18-14(20)10-16(22)7-3-4-8-16/h5-6,9,22H,3-4,7-8,10H2,1-2H3,(H,18,20). The molecule has 6 heteroatoms. The van der Waals surface area contributed by atoms with Crippen molar-refractivity contribution in [1.82, 2.24) is 4.90 Å². The first-order valence-corrected chi connectivity index (χ1v) is 7.34. The summed E-state index contributed by atoms with van der Waals surface area (Å²) in [5, 5.41) is 12.8. The summed E-state index contributed by atoms with van der Waals surface area (Å²) in [7, 11) is 3.06. The molecule has 5 nitrogen and oxygen atoms in total. The quantitative estimate of drug-likeness (QED) is 0.895. The molecule has 0 aliphatic heterocycles. The highest BCUT2D eigenvalue weighted by molar-refractivity contribution is 5.97. The molecule has 2 N–H and O–H groups in total. The van der Waals surface area contributed by atoms with E-state index in [-0.39, 0.29) is 17.9 Å². The minimum atomic E-state index is -0.938. The minimum Gasteiger partial charge on any atom is -0.389 e. The number of halogens is 1. The van der Waals surface area contributed by atoms with E-state index < -0.39 is 17.3 Å². The van der Waals surface area contributed by atoms with Crippen molar-refractivity contribution in [2.24, 2.45) is 0 Å². The van der Waals surface area contributed by atoms with Gasteiger partial charge in [-0.2, -0.15) is 0 Å². The van der Waals surface area contributed by atoms with E-state index in [4.69, 9.17) is 0 Å². The zero-order valence-electron chi connectivity index (χ0n) is 12.9. The lowest BCUT2D eigenvalue weighted by atomic mass is 9.97. The Labute approximate surface area is 129 Å². The fourth-order valence-electron chi connectivity index (χ4n) is 2.72. The van der Waals surface area contributed by atoms with Gasteiger partial charge in [-0.25, -0.2) is 4.39 Å². The molecule has 0 bridgehead atoms. The summed E-state index contributed by atoms with van der Waals surface area (Å²) < 4.78 is 13.7. The summed E-state index contributed by atoms with van der Waals surface area (Å²) in [6.07, 6.45) is 3.09. The molecule has 0 radical (unpaired) electrons. The molecule has 1 saturated carbocycles. The van der Waals surface area contributed by atoms with Crippen molar-refractivity contribution < 1.29 is 19.1 Å². The molecular weight excluding hydrogens is 287 g/mol. The first-order chi connectivity index (χ1) is 10.3. The highest BCUT2D eigenvalue weighted by atomic mass is 19.1. The molecule has 0 atom stereocenters. The Balaban J connectivity index is 2.08. The van der Waals surface area contributed by atoms with Gasteiger partial charge in [0.15, 0.2) is 0 Å². The van der Waals surface area contributed by atoms with Crippen LogP contribution in [0.2, 0.25) is 0 Å². The third kappa shape index (κ3) is 3.82. The van der Waals surface area contributed by atoms with E-state index in [0.29, 0.717) is 18.5 Å². The number of hydrogen-bond donors (Lipinski definition) is 2. The van der Waals surface area contributed by atoms with Gasteiger partial charge in [0, 0.05) is 19.8 Å². The summed E-state index contributed by atoms with van der Waals surface area (Å²) in [6, 6.07) is 3.86. The number of rotatable bonds is 4. The molecule has 2 amide bonds. The monoisotopic (exact) mass is 308 g/mol. The predicted molar refractivity (Wildman–Crippen MR) is 81.1 cm³/mol. The second kappa shape index (κ2) is 6.44. The van der Waals surface area contributed by atoms with Crippen LogP contribution in [-0.4, -0.2) is 41.5 Å². The highest BCUT2D eigenvalue weighted by Gasteiger charge is 2.33. The summed E-state index contributed by atoms with van der Waals surface area (Å²) in [5.41, 5.74) is -0.688. The molecule has 0 spiro atoms. The van der Waals surface area contributed by atoms with Gasteiger partial charge in [0.2, 0.25) is 5.91 Å². The Morgan fingerprint density at radius 3 is 2.55 bits per heavy atom. The summed E-state index contributed by atoms with van der Waals surface area (Å²) in [6.45, 7) is 0. The molecule has 0 heterocycles. The molecule has 1 aromatic rings. The Morgan fingerprint density at radius 1 is 1.32 bits per heavy atom. The van der Waals surface area contributed by atoms with Crippen LogP contribution in [0.25, 0.3) is 0 Å². The predicted octanol–water partition coefficient (Wildman–Crippen LogP) is 2.16. The first kappa shape index (κ1) is 16.4. The average Bonchev–Trinajstić information content (AvgIpc) is 2.86. The van der Waals surface area contributed by atoms with Gasteiger partial charge < -0.3 is 15.3 Å². The Morgan fingerprint density at radius 2 is 1.95 bits per heavy atom. The molecule has 22 heavy (non-hydrogen) atoms. The maximum atomic E-state index is 13.7. The van der Waals surface area contributed by atoms with Gasteiger partial charge in [0.25, 0.3) is 5.91 Å². The van der Waals surface area contributed by atoms with Crippen molar-refractivity contribution in [3.05, 3.63) is 29.6 Å². The number of hydrogen-bond acceptors (Lipinski definition) is 3. The van der Waals surface area contributed by atoms with Crippen LogP contribution in [0.15, 0.2) is 18.2 Å². The second-order valence-corrected chi connectivity index (χ2v) is 6.05. The van der Waals surface area contributed by atoms with Gasteiger partial charge in [-0.05, 0) is 31.0 Å². The number of aliphatic hydroxyl groups is 1. The van der Waals surface area contributed by atoms with E-state index in [0.717, 1.165) is 18.9 Å². The largest absolute Gasteiger partial charge is 0.389 e. The zero-order valence-corrected chi connectivity index (χ0v) is 12.9. The van der Waals surface area contributed by atoms with Gasteiger partial charge in [-0.3, -0.25) is 9.59 Å². The molecule has 0 saturated heterocycles. The van der Waals surface area contributed by atoms with E-state index in [1.807, 2.05) is 0 Å². The van der Waals surface area contributed by atoms with Crippen molar-refractivity contribution in [1.29, 1.82) is 0 Å². The highest BCUT2D eigenvalue weighted by Crippen LogP contribution is 2.32. The van der Waals surface area contributed by atoms with E-state index in [1.54, 1.807) is 0 Å². The van der Waals surface area contributed by atoms with Gasteiger partial charge in [0.05, 0.1) is 17.6 Å². The molecule has 1 fully saturated rings. The lowest BCUT2D eigenvalue weighted by Gasteiger charge is -2.21. The molecule has 0 aromatic heterocycles. The maximum Gasteiger partial charge on any atom is 0.256 e. The smallest absolute Gasteiger partial charge is 0.256 e. The van der Waals surface area contributed by atoms with Crippen LogP contribution in [0, 0.1) is 5.82 Å². The van der Waals surface area contributed by atoms with Crippen LogP contribution in [0.3, 0.4) is 0 Å². The van der Waals surface area contributed by atoms with Crippen LogP contribution in [0.1, 0.15) is 42.5 Å². The molecule has 120 valence electrons. The normalized spacial score (nSPS) is 16.4. The third-order valence-electron chi connectivity index (χ3n) is 3.91. The van der Waals surface area contributed by atoms with Crippen LogP contribution in [0.4, 0.5) is 10.1 Å². The number of benzene rings is 1. The molecule has 2 rings (SSSR count). The van der Waals surface area contributed by atoms with Crippen LogP contribution < -0.4 is 5.32 Å². The van der Waals surface area contributed by atoms with Crippen LogP contribution >= 0.6 is 0 Å². The number of amides is 2. The van der Waals surface area contributed by atoms with E-state index >= 15 is 0 Å². The van der Waals surface area contributed by atoms with E-state index in [9.17, 15) is 19.1 Å². The molecule has 1 aliphatic rings. The summed E-state index contributed by atoms with van der Waals surface area (Å²) in [5.74, 6) is -1.44. The molecule has 0 unspecified atom stereocenters. The van der Waals surface area contributed by atoms with Crippen molar-refractivity contribution >= 4 is 17.5 Å². The SMILES string of the molecule is CN(C)C(=O)c1cc(NC(=O)CC2(O)CCCC2)ccc1F. The van der Waals surface area contributed by atoms with Crippen LogP contribution in [0.5, 0.6) is 0 Å². The number of nitrogens with one attached hydrogen (secondary N) is 1. The minimum absolute atomic E-state index is 0.0152. The lowest BCUT2D eigenvalue weighted by molar-refractivity contribution is -0.120. The fraction of sp³-hybridized carbons (Fsp3) is 0.500. The lowest BCUT2D eigenvalue weighted by Crippen LogP contribution is -2.30. The number of carbonyl (C=O) groups is 2. The Hall–Kier alpha value is -1.95. The topological polar surface area (TPSA) is 69.6 Å². The molecular formula is C16H21FN2O3. The number of carbonyl (C=O) groups excluding carboxylic acids is 2. The number of anilines is 1. The Bertz CT molecular complexity index is 581. The summed E-state index contributed by atoms with van der Waals surface area (Å²) in [4.78, 5) is 25.1. The third-order valence-corrected chi connectivity index (χ3v) is 3.91.